The summed E-state index contributed by atoms with van der Waals surface area (Å²) in [4.78, 5) is 0. The molecule has 0 aliphatic heterocycles. The van der Waals surface area contributed by atoms with Gasteiger partial charge in [0, 0.05) is 11.1 Å². The van der Waals surface area contributed by atoms with Gasteiger partial charge in [-0.25, -0.2) is 0 Å². The molecule has 0 heterocycles. The summed E-state index contributed by atoms with van der Waals surface area (Å²) in [6.07, 6.45) is 0. The van der Waals surface area contributed by atoms with Crippen LogP contribution in [0.4, 0.5) is 0 Å². The molecule has 0 radical (unpaired) electrons. The number of hydrogen-bond acceptors (Lipinski definition) is 8. The molecule has 0 unspecified atom stereocenters. The predicted molar refractivity (Wildman–Crippen MR) is 122 cm³/mol. The highest BCUT2D eigenvalue weighted by Gasteiger charge is 2.15. The van der Waals surface area contributed by atoms with Crippen molar-refractivity contribution in [2.45, 2.75) is 27.7 Å². The van der Waals surface area contributed by atoms with E-state index in [2.05, 4.69) is 30.7 Å². The van der Waals surface area contributed by atoms with Gasteiger partial charge in [0.2, 0.25) is 0 Å². The Morgan fingerprint density at radius 2 is 0.833 bits per heavy atom. The maximum absolute atomic E-state index is 8.98. The van der Waals surface area contributed by atoms with Crippen molar-refractivity contribution < 1.29 is 10.4 Å². The highest BCUT2D eigenvalue weighted by molar-refractivity contribution is 6.54. The van der Waals surface area contributed by atoms with Gasteiger partial charge in [0.25, 0.3) is 0 Å². The van der Waals surface area contributed by atoms with Crippen LogP contribution < -0.4 is 0 Å². The van der Waals surface area contributed by atoms with Crippen molar-refractivity contribution >= 4 is 34.3 Å². The van der Waals surface area contributed by atoms with Crippen LogP contribution >= 0.6 is 0 Å². The SMILES string of the molecule is CC(=N\O)/C(C)=N/N=C(/C(=N/N=C(C)/C(C)=N/O)c1ccccc1)c1ccccc1. The van der Waals surface area contributed by atoms with Crippen LogP contribution in [-0.4, -0.2) is 44.7 Å². The zero-order chi connectivity index (χ0) is 21.9. The summed E-state index contributed by atoms with van der Waals surface area (Å²) in [7, 11) is 0. The first-order valence-corrected chi connectivity index (χ1v) is 9.21. The third kappa shape index (κ3) is 6.03. The molecule has 0 aliphatic rings. The molecule has 8 nitrogen and oxygen atoms in total. The molecule has 0 amide bonds. The van der Waals surface area contributed by atoms with Crippen LogP contribution in [0.25, 0.3) is 0 Å². The molecule has 8 heteroatoms. The lowest BCUT2D eigenvalue weighted by atomic mass is 10.00. The lowest BCUT2D eigenvalue weighted by molar-refractivity contribution is 0.319. The van der Waals surface area contributed by atoms with Gasteiger partial charge in [-0.05, 0) is 27.7 Å². The van der Waals surface area contributed by atoms with Crippen LogP contribution in [0.5, 0.6) is 0 Å². The molecule has 2 N–H and O–H groups in total. The number of rotatable bonds is 7. The molecule has 2 aromatic carbocycles. The van der Waals surface area contributed by atoms with E-state index in [0.29, 0.717) is 34.3 Å². The first kappa shape index (κ1) is 22.4. The Bertz CT molecular complexity index is 950. The third-order valence-electron chi connectivity index (χ3n) is 4.27. The van der Waals surface area contributed by atoms with Crippen molar-refractivity contribution in [2.24, 2.45) is 30.7 Å². The fraction of sp³-hybridized carbons (Fsp3) is 0.182. The Kier molecular flexibility index (Phi) is 8.31. The van der Waals surface area contributed by atoms with E-state index >= 15 is 0 Å². The van der Waals surface area contributed by atoms with Crippen molar-refractivity contribution in [3.8, 4) is 0 Å². The Morgan fingerprint density at radius 3 is 1.13 bits per heavy atom. The maximum Gasteiger partial charge on any atom is 0.121 e. The second-order valence-corrected chi connectivity index (χ2v) is 6.37. The molecule has 154 valence electrons. The summed E-state index contributed by atoms with van der Waals surface area (Å²) >= 11 is 0. The van der Waals surface area contributed by atoms with Gasteiger partial charge >= 0.3 is 0 Å². The minimum Gasteiger partial charge on any atom is -0.411 e. The largest absolute Gasteiger partial charge is 0.411 e. The fourth-order valence-electron chi connectivity index (χ4n) is 2.22. The Hall–Kier alpha value is -3.94. The molecule has 0 bridgehead atoms. The van der Waals surface area contributed by atoms with Crippen LogP contribution in [0.15, 0.2) is 91.4 Å². The Labute approximate surface area is 175 Å². The molecular formula is C22H24N6O2. The Balaban J connectivity index is 2.73. The van der Waals surface area contributed by atoms with E-state index in [1.165, 1.54) is 0 Å². The third-order valence-corrected chi connectivity index (χ3v) is 4.27. The van der Waals surface area contributed by atoms with Crippen LogP contribution in [0, 0.1) is 0 Å². The molecule has 0 fully saturated rings. The highest BCUT2D eigenvalue weighted by atomic mass is 16.4. The van der Waals surface area contributed by atoms with Gasteiger partial charge in [-0.2, -0.15) is 10.2 Å². The van der Waals surface area contributed by atoms with E-state index in [9.17, 15) is 0 Å². The summed E-state index contributed by atoms with van der Waals surface area (Å²) in [6, 6.07) is 18.9. The van der Waals surface area contributed by atoms with Crippen molar-refractivity contribution in [1.29, 1.82) is 0 Å². The quantitative estimate of drug-likeness (QED) is 0.404. The van der Waals surface area contributed by atoms with Gasteiger partial charge in [0.05, 0.1) is 22.8 Å². The molecular weight excluding hydrogens is 380 g/mol. The highest BCUT2D eigenvalue weighted by Crippen LogP contribution is 2.12. The van der Waals surface area contributed by atoms with Crippen LogP contribution in [0.2, 0.25) is 0 Å². The standard InChI is InChI=1S/C22H24N6O2/c1-15(17(3)27-29)23-25-21(19-11-7-5-8-12-19)22(20-13-9-6-10-14-20)26-24-16(2)18(4)28-30/h5-14,29-30H,1-4H3/b23-15+,24-16+,25-21+,26-22+,27-17+,28-18+. The van der Waals surface area contributed by atoms with E-state index in [4.69, 9.17) is 10.4 Å². The van der Waals surface area contributed by atoms with Gasteiger partial charge < -0.3 is 10.4 Å². The fourth-order valence-corrected chi connectivity index (χ4v) is 2.22. The molecule has 2 aromatic rings. The van der Waals surface area contributed by atoms with Gasteiger partial charge in [-0.1, -0.05) is 71.0 Å². The average Bonchev–Trinajstić information content (AvgIpc) is 2.80. The van der Waals surface area contributed by atoms with Gasteiger partial charge in [0.1, 0.15) is 11.4 Å². The molecule has 2 rings (SSSR count). The average molecular weight is 404 g/mol. The van der Waals surface area contributed by atoms with E-state index < -0.39 is 0 Å². The van der Waals surface area contributed by atoms with Crippen LogP contribution in [0.1, 0.15) is 38.8 Å². The smallest absolute Gasteiger partial charge is 0.121 e. The Morgan fingerprint density at radius 1 is 0.500 bits per heavy atom. The first-order valence-electron chi connectivity index (χ1n) is 9.21. The van der Waals surface area contributed by atoms with Crippen molar-refractivity contribution in [3.05, 3.63) is 71.8 Å². The zero-order valence-corrected chi connectivity index (χ0v) is 17.4. The van der Waals surface area contributed by atoms with E-state index in [0.717, 1.165) is 11.1 Å². The number of oxime groups is 2. The summed E-state index contributed by atoms with van der Waals surface area (Å²) in [5, 5.41) is 41.5. The molecule has 0 saturated heterocycles. The molecule has 0 saturated carbocycles. The van der Waals surface area contributed by atoms with Crippen molar-refractivity contribution in [3.63, 3.8) is 0 Å². The van der Waals surface area contributed by atoms with Crippen LogP contribution in [0.3, 0.4) is 0 Å². The minimum absolute atomic E-state index is 0.355. The molecule has 0 aromatic heterocycles. The van der Waals surface area contributed by atoms with E-state index in [1.807, 2.05) is 60.7 Å². The number of hydrogen-bond donors (Lipinski definition) is 2. The lowest BCUT2D eigenvalue weighted by Crippen LogP contribution is -2.18. The second-order valence-electron chi connectivity index (χ2n) is 6.37. The van der Waals surface area contributed by atoms with Crippen molar-refractivity contribution in [1.82, 2.24) is 0 Å². The van der Waals surface area contributed by atoms with Gasteiger partial charge in [-0.15, -0.1) is 10.2 Å². The monoisotopic (exact) mass is 404 g/mol. The predicted octanol–water partition coefficient (Wildman–Crippen LogP) is 4.42. The minimum atomic E-state index is 0.355. The van der Waals surface area contributed by atoms with Crippen molar-refractivity contribution in [2.75, 3.05) is 0 Å². The lowest BCUT2D eigenvalue weighted by Gasteiger charge is -2.09. The molecule has 0 atom stereocenters. The first-order chi connectivity index (χ1) is 14.5. The van der Waals surface area contributed by atoms with Gasteiger partial charge in [-0.3, -0.25) is 0 Å². The summed E-state index contributed by atoms with van der Waals surface area (Å²) < 4.78 is 0. The maximum atomic E-state index is 8.98. The number of benzene rings is 2. The normalized spacial score (nSPS) is 14.8. The van der Waals surface area contributed by atoms with Gasteiger partial charge in [0.15, 0.2) is 0 Å². The topological polar surface area (TPSA) is 115 Å². The molecule has 30 heavy (non-hydrogen) atoms. The molecule has 0 spiro atoms. The second kappa shape index (κ2) is 11.2. The summed E-state index contributed by atoms with van der Waals surface area (Å²) in [6.45, 7) is 6.66. The number of nitrogens with zero attached hydrogens (tertiary/aromatic N) is 6. The summed E-state index contributed by atoms with van der Waals surface area (Å²) in [5.74, 6) is 0. The molecule has 0 aliphatic carbocycles. The van der Waals surface area contributed by atoms with E-state index in [1.54, 1.807) is 27.7 Å². The summed E-state index contributed by atoms with van der Waals surface area (Å²) in [5.41, 5.74) is 4.18. The van der Waals surface area contributed by atoms with Crippen LogP contribution in [-0.2, 0) is 0 Å². The zero-order valence-electron chi connectivity index (χ0n) is 17.4. The van der Waals surface area contributed by atoms with E-state index in [-0.39, 0.29) is 0 Å².